The first-order valence-electron chi connectivity index (χ1n) is 10.5. The van der Waals surface area contributed by atoms with E-state index < -0.39 is 0 Å². The Labute approximate surface area is 176 Å². The summed E-state index contributed by atoms with van der Waals surface area (Å²) in [7, 11) is 0. The Balaban J connectivity index is 1.25. The molecule has 0 N–H and O–H groups in total. The van der Waals surface area contributed by atoms with Crippen LogP contribution in [0.3, 0.4) is 0 Å². The summed E-state index contributed by atoms with van der Waals surface area (Å²) in [5, 5.41) is 0.755. The molecule has 29 heavy (non-hydrogen) atoms. The third kappa shape index (κ3) is 4.78. The number of fused-ring (bicyclic) bond motifs is 1. The van der Waals surface area contributed by atoms with Crippen LogP contribution in [0.25, 0.3) is 10.2 Å². The van der Waals surface area contributed by atoms with Gasteiger partial charge in [0.2, 0.25) is 5.91 Å². The van der Waals surface area contributed by atoms with Crippen LogP contribution in [-0.4, -0.2) is 35.0 Å². The zero-order valence-electron chi connectivity index (χ0n) is 17.2. The van der Waals surface area contributed by atoms with E-state index in [-0.39, 0.29) is 12.0 Å². The largest absolute Gasteiger partial charge is 0.467 e. The van der Waals surface area contributed by atoms with Gasteiger partial charge in [-0.15, -0.1) is 0 Å². The second-order valence-electron chi connectivity index (χ2n) is 7.89. The second kappa shape index (κ2) is 8.95. The van der Waals surface area contributed by atoms with E-state index in [4.69, 9.17) is 9.72 Å². The zero-order valence-corrected chi connectivity index (χ0v) is 18.0. The number of aromatic nitrogens is 1. The number of amides is 1. The van der Waals surface area contributed by atoms with Crippen LogP contribution in [0, 0.1) is 13.8 Å². The van der Waals surface area contributed by atoms with Crippen LogP contribution in [0.2, 0.25) is 0 Å². The van der Waals surface area contributed by atoms with Gasteiger partial charge in [-0.2, -0.15) is 0 Å². The van der Waals surface area contributed by atoms with Crippen molar-refractivity contribution in [3.05, 3.63) is 59.2 Å². The highest BCUT2D eigenvalue weighted by molar-refractivity contribution is 7.20. The smallest absolute Gasteiger partial charge is 0.274 e. The predicted octanol–water partition coefficient (Wildman–Crippen LogP) is 5.31. The Morgan fingerprint density at radius 2 is 1.83 bits per heavy atom. The lowest BCUT2D eigenvalue weighted by Crippen LogP contribution is -2.41. The van der Waals surface area contributed by atoms with Gasteiger partial charge in [0.1, 0.15) is 6.10 Å². The van der Waals surface area contributed by atoms with E-state index in [0.29, 0.717) is 6.42 Å². The number of carbonyl (C=O) groups excluding carboxylic acids is 1. The van der Waals surface area contributed by atoms with Gasteiger partial charge >= 0.3 is 0 Å². The minimum Gasteiger partial charge on any atom is -0.467 e. The molecule has 2 heterocycles. The SMILES string of the molecule is Cc1ccc(C)c2sc(OC3CCN(C(=O)CCCc4ccccc4)CC3)nc12. The summed E-state index contributed by atoms with van der Waals surface area (Å²) in [5.41, 5.74) is 4.78. The van der Waals surface area contributed by atoms with Gasteiger partial charge in [0.05, 0.1) is 10.2 Å². The summed E-state index contributed by atoms with van der Waals surface area (Å²) >= 11 is 1.63. The summed E-state index contributed by atoms with van der Waals surface area (Å²) in [5.74, 6) is 0.269. The maximum atomic E-state index is 12.5. The van der Waals surface area contributed by atoms with Gasteiger partial charge in [-0.3, -0.25) is 4.79 Å². The molecule has 2 aromatic carbocycles. The third-order valence-electron chi connectivity index (χ3n) is 5.68. The first kappa shape index (κ1) is 19.9. The average molecular weight is 409 g/mol. The topological polar surface area (TPSA) is 42.4 Å². The minimum absolute atomic E-state index is 0.143. The van der Waals surface area contributed by atoms with E-state index >= 15 is 0 Å². The van der Waals surface area contributed by atoms with Crippen LogP contribution in [0.5, 0.6) is 5.19 Å². The van der Waals surface area contributed by atoms with Crippen molar-refractivity contribution >= 4 is 27.5 Å². The molecular formula is C24H28N2O2S. The number of piperidine rings is 1. The maximum absolute atomic E-state index is 12.5. The first-order valence-corrected chi connectivity index (χ1v) is 11.3. The number of ether oxygens (including phenoxy) is 1. The molecule has 0 radical (unpaired) electrons. The molecule has 0 saturated carbocycles. The number of thiazole rings is 1. The molecule has 4 rings (SSSR count). The van der Waals surface area contributed by atoms with Crippen molar-refractivity contribution in [3.8, 4) is 5.19 Å². The van der Waals surface area contributed by atoms with E-state index in [1.54, 1.807) is 11.3 Å². The molecule has 0 atom stereocenters. The van der Waals surface area contributed by atoms with Crippen molar-refractivity contribution in [2.24, 2.45) is 0 Å². The summed E-state index contributed by atoms with van der Waals surface area (Å²) in [6, 6.07) is 14.6. The molecule has 0 unspecified atom stereocenters. The molecule has 1 aromatic heterocycles. The highest BCUT2D eigenvalue weighted by Gasteiger charge is 2.24. The number of rotatable bonds is 6. The Morgan fingerprint density at radius 1 is 1.10 bits per heavy atom. The zero-order chi connectivity index (χ0) is 20.2. The third-order valence-corrected chi connectivity index (χ3v) is 6.77. The van der Waals surface area contributed by atoms with E-state index in [2.05, 4.69) is 50.2 Å². The summed E-state index contributed by atoms with van der Waals surface area (Å²) in [4.78, 5) is 19.2. The van der Waals surface area contributed by atoms with E-state index in [1.165, 1.54) is 21.4 Å². The Kier molecular flexibility index (Phi) is 6.14. The van der Waals surface area contributed by atoms with Crippen LogP contribution in [0.1, 0.15) is 42.4 Å². The van der Waals surface area contributed by atoms with Gasteiger partial charge < -0.3 is 9.64 Å². The fraction of sp³-hybridized carbons (Fsp3) is 0.417. The lowest BCUT2D eigenvalue weighted by molar-refractivity contribution is -0.133. The van der Waals surface area contributed by atoms with Crippen molar-refractivity contribution in [2.75, 3.05) is 13.1 Å². The van der Waals surface area contributed by atoms with E-state index in [0.717, 1.165) is 49.5 Å². The standard InChI is InChI=1S/C24H28N2O2S/c1-17-11-12-18(2)23-22(17)25-24(29-23)28-20-13-15-26(16-14-20)21(27)10-6-9-19-7-4-3-5-8-19/h3-5,7-8,11-12,20H,6,9-10,13-16H2,1-2H3. The van der Waals surface area contributed by atoms with Gasteiger partial charge in [-0.05, 0) is 43.4 Å². The van der Waals surface area contributed by atoms with E-state index in [1.807, 2.05) is 11.0 Å². The number of hydrogen-bond acceptors (Lipinski definition) is 4. The highest BCUT2D eigenvalue weighted by atomic mass is 32.1. The quantitative estimate of drug-likeness (QED) is 0.555. The van der Waals surface area contributed by atoms with Gasteiger partial charge in [0.25, 0.3) is 5.19 Å². The number of aryl methyl sites for hydroxylation is 3. The molecule has 1 saturated heterocycles. The number of carbonyl (C=O) groups is 1. The molecule has 1 fully saturated rings. The summed E-state index contributed by atoms with van der Waals surface area (Å²) < 4.78 is 7.40. The summed E-state index contributed by atoms with van der Waals surface area (Å²) in [6.07, 6.45) is 4.38. The van der Waals surface area contributed by atoms with Crippen molar-refractivity contribution in [1.82, 2.24) is 9.88 Å². The molecular weight excluding hydrogens is 380 g/mol. The monoisotopic (exact) mass is 408 g/mol. The molecule has 5 heteroatoms. The molecule has 0 aliphatic carbocycles. The maximum Gasteiger partial charge on any atom is 0.274 e. The van der Waals surface area contributed by atoms with Crippen molar-refractivity contribution < 1.29 is 9.53 Å². The molecule has 3 aromatic rings. The number of nitrogens with zero attached hydrogens (tertiary/aromatic N) is 2. The molecule has 1 amide bonds. The fourth-order valence-corrected chi connectivity index (χ4v) is 4.93. The van der Waals surface area contributed by atoms with Gasteiger partial charge in [0.15, 0.2) is 0 Å². The molecule has 152 valence electrons. The Bertz CT molecular complexity index is 936. The Hall–Kier alpha value is -2.40. The van der Waals surface area contributed by atoms with Crippen LogP contribution in [0.15, 0.2) is 42.5 Å². The van der Waals surface area contributed by atoms with Gasteiger partial charge in [0, 0.05) is 32.4 Å². The molecule has 0 spiro atoms. The predicted molar refractivity (Wildman–Crippen MR) is 119 cm³/mol. The molecule has 0 bridgehead atoms. The lowest BCUT2D eigenvalue weighted by Gasteiger charge is -2.31. The molecule has 1 aliphatic rings. The number of benzene rings is 2. The second-order valence-corrected chi connectivity index (χ2v) is 8.86. The van der Waals surface area contributed by atoms with Gasteiger partial charge in [-0.25, -0.2) is 4.98 Å². The van der Waals surface area contributed by atoms with Crippen molar-refractivity contribution in [1.29, 1.82) is 0 Å². The highest BCUT2D eigenvalue weighted by Crippen LogP contribution is 2.33. The number of hydrogen-bond donors (Lipinski definition) is 0. The normalized spacial score (nSPS) is 15.0. The fourth-order valence-electron chi connectivity index (χ4n) is 3.90. The number of likely N-dealkylation sites (tertiary alicyclic amines) is 1. The Morgan fingerprint density at radius 3 is 2.55 bits per heavy atom. The van der Waals surface area contributed by atoms with Crippen molar-refractivity contribution in [2.45, 2.75) is 52.1 Å². The molecule has 4 nitrogen and oxygen atoms in total. The lowest BCUT2D eigenvalue weighted by atomic mass is 10.1. The minimum atomic E-state index is 0.143. The summed E-state index contributed by atoms with van der Waals surface area (Å²) in [6.45, 7) is 5.76. The van der Waals surface area contributed by atoms with Crippen LogP contribution < -0.4 is 4.74 Å². The van der Waals surface area contributed by atoms with Gasteiger partial charge in [-0.1, -0.05) is 53.8 Å². The van der Waals surface area contributed by atoms with E-state index in [9.17, 15) is 4.79 Å². The average Bonchev–Trinajstić information content (AvgIpc) is 3.17. The van der Waals surface area contributed by atoms with Crippen LogP contribution in [0.4, 0.5) is 0 Å². The van der Waals surface area contributed by atoms with Crippen molar-refractivity contribution in [3.63, 3.8) is 0 Å². The first-order chi connectivity index (χ1) is 14.1. The van der Waals surface area contributed by atoms with Crippen LogP contribution in [-0.2, 0) is 11.2 Å². The molecule has 1 aliphatic heterocycles. The van der Waals surface area contributed by atoms with Crippen LogP contribution >= 0.6 is 11.3 Å².